The van der Waals surface area contributed by atoms with Gasteiger partial charge in [0.05, 0.1) is 0 Å². The molecular weight excluding hydrogens is 130 g/mol. The van der Waals surface area contributed by atoms with E-state index in [-0.39, 0.29) is 6.04 Å². The lowest BCUT2D eigenvalue weighted by Crippen LogP contribution is -2.43. The first kappa shape index (κ1) is 7.54. The van der Waals surface area contributed by atoms with Crippen LogP contribution in [0.25, 0.3) is 0 Å². The van der Waals surface area contributed by atoms with Crippen LogP contribution in [0, 0.1) is 5.92 Å². The predicted molar refractivity (Wildman–Crippen MR) is 37.8 cm³/mol. The summed E-state index contributed by atoms with van der Waals surface area (Å²) >= 11 is 0. The molecular formula is C7H13NO2. The van der Waals surface area contributed by atoms with Gasteiger partial charge < -0.3 is 10.4 Å². The van der Waals surface area contributed by atoms with Crippen LogP contribution in [0.2, 0.25) is 0 Å². The number of piperidine rings is 1. The lowest BCUT2D eigenvalue weighted by molar-refractivity contribution is -0.140. The third kappa shape index (κ3) is 1.70. The van der Waals surface area contributed by atoms with Crippen LogP contribution in [0.1, 0.15) is 19.8 Å². The molecule has 0 aromatic heterocycles. The minimum atomic E-state index is -0.716. The van der Waals surface area contributed by atoms with Gasteiger partial charge in [0.25, 0.3) is 0 Å². The van der Waals surface area contributed by atoms with Gasteiger partial charge in [-0.1, -0.05) is 6.92 Å². The number of hydrogen-bond donors (Lipinski definition) is 2. The Hall–Kier alpha value is -0.570. The highest BCUT2D eigenvalue weighted by Crippen LogP contribution is 2.12. The van der Waals surface area contributed by atoms with Crippen LogP contribution in [0.15, 0.2) is 0 Å². The average Bonchev–Trinajstić information content (AvgIpc) is 1.88. The highest BCUT2D eigenvalue weighted by Gasteiger charge is 2.22. The highest BCUT2D eigenvalue weighted by molar-refractivity contribution is 5.73. The Morgan fingerprint density at radius 3 is 2.70 bits per heavy atom. The molecule has 0 saturated carbocycles. The Balaban J connectivity index is 2.33. The van der Waals surface area contributed by atoms with Crippen LogP contribution < -0.4 is 5.32 Å². The van der Waals surface area contributed by atoms with Crippen LogP contribution in [0.3, 0.4) is 0 Å². The molecule has 2 N–H and O–H groups in total. The second kappa shape index (κ2) is 3.01. The minimum Gasteiger partial charge on any atom is -0.480 e. The standard InChI is InChI=1S/C7H13NO2/c1-5-2-3-6(7(9)10)8-4-5/h5-6,8H,2-4H2,1H3,(H,9,10). The Kier molecular flexibility index (Phi) is 2.27. The van der Waals surface area contributed by atoms with E-state index >= 15 is 0 Å². The van der Waals surface area contributed by atoms with Gasteiger partial charge in [-0.25, -0.2) is 0 Å². The molecule has 1 aliphatic heterocycles. The molecule has 2 unspecified atom stereocenters. The first-order chi connectivity index (χ1) is 4.70. The Morgan fingerprint density at radius 2 is 2.30 bits per heavy atom. The first-order valence-electron chi connectivity index (χ1n) is 3.66. The SMILES string of the molecule is CC1CCC(C(=O)O)NC1. The summed E-state index contributed by atoms with van der Waals surface area (Å²) in [6.45, 7) is 2.97. The smallest absolute Gasteiger partial charge is 0.320 e. The summed E-state index contributed by atoms with van der Waals surface area (Å²) in [5.74, 6) is -0.0810. The fraction of sp³-hybridized carbons (Fsp3) is 0.857. The highest BCUT2D eigenvalue weighted by atomic mass is 16.4. The monoisotopic (exact) mass is 143 g/mol. The van der Waals surface area contributed by atoms with Gasteiger partial charge >= 0.3 is 5.97 Å². The summed E-state index contributed by atoms with van der Waals surface area (Å²) in [6.07, 6.45) is 1.81. The molecule has 1 rings (SSSR count). The molecule has 0 bridgehead atoms. The number of nitrogens with one attached hydrogen (secondary N) is 1. The molecule has 0 radical (unpaired) electrons. The average molecular weight is 143 g/mol. The van der Waals surface area contributed by atoms with Crippen molar-refractivity contribution in [2.24, 2.45) is 5.92 Å². The van der Waals surface area contributed by atoms with Crippen molar-refractivity contribution in [3.63, 3.8) is 0 Å². The molecule has 2 atom stereocenters. The van der Waals surface area contributed by atoms with E-state index in [9.17, 15) is 4.79 Å². The largest absolute Gasteiger partial charge is 0.480 e. The normalized spacial score (nSPS) is 33.7. The molecule has 0 spiro atoms. The van der Waals surface area contributed by atoms with Gasteiger partial charge in [-0.3, -0.25) is 4.79 Å². The molecule has 1 aliphatic rings. The number of aliphatic carboxylic acids is 1. The number of carboxylic acids is 1. The Morgan fingerprint density at radius 1 is 1.60 bits per heavy atom. The number of carboxylic acid groups (broad SMARTS) is 1. The van der Waals surface area contributed by atoms with E-state index in [1.54, 1.807) is 0 Å². The maximum atomic E-state index is 10.4. The molecule has 0 amide bonds. The first-order valence-corrected chi connectivity index (χ1v) is 3.66. The summed E-state index contributed by atoms with van der Waals surface area (Å²) in [7, 11) is 0. The van der Waals surface area contributed by atoms with Crippen molar-refractivity contribution in [2.75, 3.05) is 6.54 Å². The van der Waals surface area contributed by atoms with Crippen molar-refractivity contribution < 1.29 is 9.90 Å². The van der Waals surface area contributed by atoms with Crippen LogP contribution in [-0.4, -0.2) is 23.7 Å². The van der Waals surface area contributed by atoms with E-state index in [2.05, 4.69) is 12.2 Å². The zero-order valence-corrected chi connectivity index (χ0v) is 6.13. The van der Waals surface area contributed by atoms with Crippen LogP contribution in [0.5, 0.6) is 0 Å². The minimum absolute atomic E-state index is 0.295. The van der Waals surface area contributed by atoms with Crippen molar-refractivity contribution >= 4 is 5.97 Å². The molecule has 1 fully saturated rings. The van der Waals surface area contributed by atoms with E-state index in [0.717, 1.165) is 19.4 Å². The van der Waals surface area contributed by atoms with E-state index in [1.165, 1.54) is 0 Å². The quantitative estimate of drug-likeness (QED) is 0.560. The molecule has 10 heavy (non-hydrogen) atoms. The Bertz CT molecular complexity index is 128. The molecule has 1 heterocycles. The van der Waals surface area contributed by atoms with Crippen molar-refractivity contribution in [3.05, 3.63) is 0 Å². The molecule has 0 aromatic carbocycles. The molecule has 0 aliphatic carbocycles. The number of rotatable bonds is 1. The molecule has 1 saturated heterocycles. The van der Waals surface area contributed by atoms with E-state index in [1.807, 2.05) is 0 Å². The van der Waals surface area contributed by atoms with Crippen molar-refractivity contribution in [1.29, 1.82) is 0 Å². The molecule has 3 nitrogen and oxygen atoms in total. The van der Waals surface area contributed by atoms with E-state index < -0.39 is 5.97 Å². The lowest BCUT2D eigenvalue weighted by atomic mass is 9.97. The number of hydrogen-bond acceptors (Lipinski definition) is 2. The second-order valence-corrected chi connectivity index (χ2v) is 2.98. The third-order valence-corrected chi connectivity index (χ3v) is 1.96. The topological polar surface area (TPSA) is 49.3 Å². The van der Waals surface area contributed by atoms with Crippen molar-refractivity contribution in [1.82, 2.24) is 5.32 Å². The van der Waals surface area contributed by atoms with Gasteiger partial charge in [-0.15, -0.1) is 0 Å². The molecule has 0 aromatic rings. The zero-order valence-electron chi connectivity index (χ0n) is 6.13. The summed E-state index contributed by atoms with van der Waals surface area (Å²) in [5, 5.41) is 11.5. The fourth-order valence-corrected chi connectivity index (χ4v) is 1.21. The number of carbonyl (C=O) groups is 1. The summed E-state index contributed by atoms with van der Waals surface area (Å²) in [6, 6.07) is -0.295. The van der Waals surface area contributed by atoms with E-state index in [4.69, 9.17) is 5.11 Å². The fourth-order valence-electron chi connectivity index (χ4n) is 1.21. The van der Waals surface area contributed by atoms with Gasteiger partial charge in [-0.2, -0.15) is 0 Å². The molecule has 58 valence electrons. The van der Waals surface area contributed by atoms with Gasteiger partial charge in [0.15, 0.2) is 0 Å². The van der Waals surface area contributed by atoms with Crippen molar-refractivity contribution in [2.45, 2.75) is 25.8 Å². The van der Waals surface area contributed by atoms with E-state index in [0.29, 0.717) is 5.92 Å². The maximum Gasteiger partial charge on any atom is 0.320 e. The van der Waals surface area contributed by atoms with Crippen LogP contribution in [-0.2, 0) is 4.79 Å². The maximum absolute atomic E-state index is 10.4. The Labute approximate surface area is 60.4 Å². The van der Waals surface area contributed by atoms with Crippen LogP contribution in [0.4, 0.5) is 0 Å². The molecule has 3 heteroatoms. The summed E-state index contributed by atoms with van der Waals surface area (Å²) < 4.78 is 0. The van der Waals surface area contributed by atoms with Gasteiger partial charge in [0.2, 0.25) is 0 Å². The van der Waals surface area contributed by atoms with Crippen LogP contribution >= 0.6 is 0 Å². The summed E-state index contributed by atoms with van der Waals surface area (Å²) in [4.78, 5) is 10.4. The van der Waals surface area contributed by atoms with Gasteiger partial charge in [0, 0.05) is 0 Å². The summed E-state index contributed by atoms with van der Waals surface area (Å²) in [5.41, 5.74) is 0. The predicted octanol–water partition coefficient (Wildman–Crippen LogP) is 0.459. The zero-order chi connectivity index (χ0) is 7.56. The van der Waals surface area contributed by atoms with Crippen molar-refractivity contribution in [3.8, 4) is 0 Å². The second-order valence-electron chi connectivity index (χ2n) is 2.98. The third-order valence-electron chi connectivity index (χ3n) is 1.96. The lowest BCUT2D eigenvalue weighted by Gasteiger charge is -2.24. The van der Waals surface area contributed by atoms with Gasteiger partial charge in [-0.05, 0) is 25.3 Å². The van der Waals surface area contributed by atoms with Gasteiger partial charge in [0.1, 0.15) is 6.04 Å².